The number of carboxylic acids is 2. The summed E-state index contributed by atoms with van der Waals surface area (Å²) in [5, 5.41) is 29.8. The summed E-state index contributed by atoms with van der Waals surface area (Å²) in [6.07, 6.45) is 2.23. The van der Waals surface area contributed by atoms with Crippen LogP contribution in [-0.4, -0.2) is 106 Å². The number of hydrogen-bond donors (Lipinski definition) is 6. The number of fused-ring (bicyclic) bond motifs is 1. The standard InChI is InChI=1S/C25H32N12O8S2/c1-25(2,22(42)43)45-32-13(17-31-23(28)47-33-17)18(38)30-14-19(39)37-15(21(40)41)10(9-46-20(14)37)6-36-8-12(16(27)34(36)3)29-24(44)35-5-4-11(26)7-35/h8,11,14,20,27H,4-7,9,26H2,1-3H3,(H6,28,29,30,31,33,38,40,41,42,43,44)/b32-13-/t11-,14+,20+/m0/s1. The summed E-state index contributed by atoms with van der Waals surface area (Å²) in [5.74, 6) is -4.59. The van der Waals surface area contributed by atoms with Crippen LogP contribution in [0.2, 0.25) is 0 Å². The zero-order valence-corrected chi connectivity index (χ0v) is 27.0. The van der Waals surface area contributed by atoms with Gasteiger partial charge in [0.25, 0.3) is 11.8 Å². The average Bonchev–Trinajstić information content (AvgIpc) is 3.71. The highest BCUT2D eigenvalue weighted by atomic mass is 32.2. The second-order valence-corrected chi connectivity index (χ2v) is 13.3. The van der Waals surface area contributed by atoms with Gasteiger partial charge in [-0.15, -0.1) is 21.1 Å². The third-order valence-electron chi connectivity index (χ3n) is 7.67. The molecule has 3 atom stereocenters. The van der Waals surface area contributed by atoms with Crippen LogP contribution in [0.3, 0.4) is 0 Å². The molecule has 22 heteroatoms. The maximum absolute atomic E-state index is 13.3. The number of rotatable bonds is 10. The Morgan fingerprint density at radius 2 is 2.02 bits per heavy atom. The van der Waals surface area contributed by atoms with Gasteiger partial charge in [-0.1, -0.05) is 5.16 Å². The zero-order chi connectivity index (χ0) is 34.4. The number of thioether (sulfide) groups is 1. The Bertz CT molecular complexity index is 1720. The molecule has 0 radical (unpaired) electrons. The second-order valence-electron chi connectivity index (χ2n) is 11.4. The van der Waals surface area contributed by atoms with Gasteiger partial charge in [-0.3, -0.25) is 19.8 Å². The van der Waals surface area contributed by atoms with E-state index in [0.29, 0.717) is 30.8 Å². The van der Waals surface area contributed by atoms with E-state index in [1.165, 1.54) is 30.3 Å². The monoisotopic (exact) mass is 692 g/mol. The molecule has 2 aromatic heterocycles. The molecule has 5 heterocycles. The maximum Gasteiger partial charge on any atom is 0.350 e. The molecule has 252 valence electrons. The molecule has 4 amide bonds. The van der Waals surface area contributed by atoms with E-state index in [1.54, 1.807) is 22.8 Å². The molecule has 0 unspecified atom stereocenters. The quantitative estimate of drug-likeness (QED) is 0.0612. The minimum Gasteiger partial charge on any atom is -0.543 e. The number of carboxylic acid groups (broad SMARTS) is 2. The molecule has 3 aliphatic rings. The number of amides is 4. The summed E-state index contributed by atoms with van der Waals surface area (Å²) in [6.45, 7) is 3.31. The first kappa shape index (κ1) is 33.4. The Morgan fingerprint density at radius 3 is 2.62 bits per heavy atom. The lowest BCUT2D eigenvalue weighted by Crippen LogP contribution is -2.71. The number of carbonyl (C=O) groups excluding carboxylic acids is 4. The van der Waals surface area contributed by atoms with Gasteiger partial charge < -0.3 is 47.3 Å². The van der Waals surface area contributed by atoms with Crippen molar-refractivity contribution in [3.63, 3.8) is 0 Å². The lowest BCUT2D eigenvalue weighted by atomic mass is 10.0. The first-order valence-electron chi connectivity index (χ1n) is 14.0. The topological polar surface area (TPSA) is 293 Å². The minimum absolute atomic E-state index is 0.00771. The number of aliphatic carboxylic acids is 2. The van der Waals surface area contributed by atoms with E-state index in [0.717, 1.165) is 16.4 Å². The molecule has 20 nitrogen and oxygen atoms in total. The summed E-state index contributed by atoms with van der Waals surface area (Å²) in [4.78, 5) is 74.6. The van der Waals surface area contributed by atoms with Crippen LogP contribution in [0.4, 0.5) is 21.4 Å². The first-order valence-corrected chi connectivity index (χ1v) is 15.9. The van der Waals surface area contributed by atoms with E-state index < -0.39 is 46.5 Å². The van der Waals surface area contributed by atoms with Gasteiger partial charge in [0, 0.05) is 42.0 Å². The van der Waals surface area contributed by atoms with Crippen LogP contribution in [0.5, 0.6) is 0 Å². The normalized spacial score (nSPS) is 21.3. The number of nitrogens with one attached hydrogen (secondary N) is 2. The lowest BCUT2D eigenvalue weighted by Gasteiger charge is -2.50. The van der Waals surface area contributed by atoms with Crippen molar-refractivity contribution in [3.8, 4) is 0 Å². The highest BCUT2D eigenvalue weighted by molar-refractivity contribution is 8.00. The highest BCUT2D eigenvalue weighted by Gasteiger charge is 2.53. The maximum atomic E-state index is 13.3. The lowest BCUT2D eigenvalue weighted by molar-refractivity contribution is -0.765. The Labute approximate surface area is 274 Å². The van der Waals surface area contributed by atoms with Gasteiger partial charge in [-0.2, -0.15) is 9.36 Å². The van der Waals surface area contributed by atoms with Gasteiger partial charge in [-0.25, -0.2) is 9.59 Å². The van der Waals surface area contributed by atoms with E-state index in [1.807, 2.05) is 0 Å². The number of nitrogen functional groups attached to an aromatic ring is 2. The van der Waals surface area contributed by atoms with Gasteiger partial charge in [0.1, 0.15) is 11.4 Å². The average molecular weight is 693 g/mol. The van der Waals surface area contributed by atoms with Crippen molar-refractivity contribution < 1.29 is 43.7 Å². The molecule has 0 spiro atoms. The SMILES string of the molecule is Cn1c(N)c(NC(=O)N2CC[C@H](N)C2)c[n+]1CC1=C(C(=O)[O-])N2C(=O)[C@@H](NC(=O)/C(=N\OC(C)(C)C(=O)O)c3nsc(N)n3)[C@H]2SC1. The minimum atomic E-state index is -1.82. The first-order chi connectivity index (χ1) is 22.1. The third kappa shape index (κ3) is 6.51. The molecular weight excluding hydrogens is 660 g/mol. The number of carbonyl (C=O) groups is 5. The summed E-state index contributed by atoms with van der Waals surface area (Å²) in [5.41, 5.74) is 15.7. The number of likely N-dealkylation sites (tertiary alicyclic amines) is 1. The van der Waals surface area contributed by atoms with Gasteiger partial charge in [0.05, 0.1) is 18.7 Å². The second kappa shape index (κ2) is 12.7. The van der Waals surface area contributed by atoms with Crippen LogP contribution < -0.4 is 37.6 Å². The summed E-state index contributed by atoms with van der Waals surface area (Å²) >= 11 is 1.95. The Hall–Kier alpha value is -4.96. The summed E-state index contributed by atoms with van der Waals surface area (Å²) < 4.78 is 7.03. The highest BCUT2D eigenvalue weighted by Crippen LogP contribution is 2.40. The number of oxime groups is 1. The van der Waals surface area contributed by atoms with Crippen molar-refractivity contribution in [2.24, 2.45) is 17.9 Å². The Balaban J connectivity index is 1.33. The van der Waals surface area contributed by atoms with Crippen LogP contribution in [0, 0.1) is 0 Å². The Kier molecular flexibility index (Phi) is 9.01. The van der Waals surface area contributed by atoms with Crippen molar-refractivity contribution in [3.05, 3.63) is 23.3 Å². The van der Waals surface area contributed by atoms with E-state index in [4.69, 9.17) is 22.0 Å². The van der Waals surface area contributed by atoms with E-state index in [9.17, 15) is 34.2 Å². The van der Waals surface area contributed by atoms with Gasteiger partial charge in [0.15, 0.2) is 23.2 Å². The van der Waals surface area contributed by atoms with Crippen LogP contribution in [0.1, 0.15) is 26.1 Å². The smallest absolute Gasteiger partial charge is 0.350 e. The van der Waals surface area contributed by atoms with Gasteiger partial charge in [-0.05, 0) is 20.3 Å². The van der Waals surface area contributed by atoms with E-state index in [2.05, 4.69) is 25.1 Å². The number of nitrogens with two attached hydrogens (primary N) is 3. The fraction of sp³-hybridized carbons (Fsp3) is 0.480. The van der Waals surface area contributed by atoms with E-state index in [-0.39, 0.29) is 46.8 Å². The third-order valence-corrected chi connectivity index (χ3v) is 9.55. The van der Waals surface area contributed by atoms with Crippen LogP contribution in [-0.2, 0) is 37.6 Å². The molecule has 0 aliphatic carbocycles. The predicted octanol–water partition coefficient (Wildman–Crippen LogP) is -3.42. The number of urea groups is 1. The van der Waals surface area contributed by atoms with E-state index >= 15 is 0 Å². The number of hydrogen-bond acceptors (Lipinski definition) is 15. The van der Waals surface area contributed by atoms with Crippen molar-refractivity contribution in [2.75, 3.05) is 35.6 Å². The number of nitrogens with zero attached hydrogens (tertiary/aromatic N) is 7. The predicted molar refractivity (Wildman–Crippen MR) is 164 cm³/mol. The summed E-state index contributed by atoms with van der Waals surface area (Å²) in [6, 6.07) is -1.66. The number of aromatic nitrogens is 4. The largest absolute Gasteiger partial charge is 0.543 e. The van der Waals surface area contributed by atoms with Gasteiger partial charge >= 0.3 is 12.0 Å². The van der Waals surface area contributed by atoms with Crippen LogP contribution >= 0.6 is 23.3 Å². The van der Waals surface area contributed by atoms with Crippen molar-refractivity contribution in [1.29, 1.82) is 0 Å². The molecule has 2 aromatic rings. The van der Waals surface area contributed by atoms with Gasteiger partial charge in [0.2, 0.25) is 23.3 Å². The molecule has 0 saturated carbocycles. The summed E-state index contributed by atoms with van der Waals surface area (Å²) in [7, 11) is 1.63. The molecule has 5 rings (SSSR count). The fourth-order valence-corrected chi connectivity index (χ4v) is 6.71. The van der Waals surface area contributed by atoms with Crippen molar-refractivity contribution in [1.82, 2.24) is 29.2 Å². The molecular formula is C25H32N12O8S2. The van der Waals surface area contributed by atoms with Crippen molar-refractivity contribution in [2.45, 2.75) is 49.9 Å². The molecule has 9 N–H and O–H groups in total. The van der Waals surface area contributed by atoms with Crippen LogP contribution in [0.15, 0.2) is 22.6 Å². The molecule has 2 fully saturated rings. The Morgan fingerprint density at radius 1 is 1.30 bits per heavy atom. The van der Waals surface area contributed by atoms with Crippen molar-refractivity contribution >= 4 is 75.4 Å². The number of anilines is 3. The molecule has 3 aliphatic heterocycles. The zero-order valence-electron chi connectivity index (χ0n) is 25.3. The van der Waals surface area contributed by atoms with Crippen LogP contribution in [0.25, 0.3) is 0 Å². The molecule has 2 saturated heterocycles. The molecule has 0 bridgehead atoms. The molecule has 47 heavy (non-hydrogen) atoms. The number of β-lactam (4-membered cyclic amide) rings is 1. The fourth-order valence-electron chi connectivity index (χ4n) is 4.94. The molecule has 0 aromatic carbocycles.